The van der Waals surface area contributed by atoms with Crippen LogP contribution >= 0.6 is 0 Å². The Kier molecular flexibility index (Phi) is 4.13. The summed E-state index contributed by atoms with van der Waals surface area (Å²) < 4.78 is 14.1. The molecule has 0 saturated carbocycles. The normalized spacial score (nSPS) is 28.7. The number of amides is 2. The summed E-state index contributed by atoms with van der Waals surface area (Å²) in [7, 11) is 0. The summed E-state index contributed by atoms with van der Waals surface area (Å²) in [6.07, 6.45) is -0.293. The minimum absolute atomic E-state index is 0.0613. The molecule has 1 aromatic carbocycles. The molecule has 6 nitrogen and oxygen atoms in total. The van der Waals surface area contributed by atoms with Gasteiger partial charge in [0.05, 0.1) is 18.7 Å². The molecule has 1 aromatic rings. The third-order valence-electron chi connectivity index (χ3n) is 5.97. The molecule has 3 fully saturated rings. The molecule has 3 saturated heterocycles. The number of aliphatic hydroxyl groups excluding tert-OH is 1. The largest absolute Gasteiger partial charge is 0.392 e. The Hall–Kier alpha value is -1.83. The fourth-order valence-corrected chi connectivity index (χ4v) is 4.43. The van der Waals surface area contributed by atoms with Gasteiger partial charge in [-0.2, -0.15) is 0 Å². The zero-order valence-corrected chi connectivity index (χ0v) is 15.1. The van der Waals surface area contributed by atoms with Gasteiger partial charge in [0.25, 0.3) is 5.91 Å². The zero-order valence-electron chi connectivity index (χ0n) is 15.1. The lowest BCUT2D eigenvalue weighted by atomic mass is 9.81. The van der Waals surface area contributed by atoms with Crippen molar-refractivity contribution >= 4 is 11.8 Å². The number of halogens is 1. The molecule has 140 valence electrons. The maximum atomic E-state index is 14.1. The Morgan fingerprint density at radius 1 is 1.27 bits per heavy atom. The Balaban J connectivity index is 1.66. The molecule has 4 rings (SSSR count). The van der Waals surface area contributed by atoms with Crippen LogP contribution < -0.4 is 0 Å². The van der Waals surface area contributed by atoms with Gasteiger partial charge in [-0.1, -0.05) is 18.2 Å². The molecule has 0 unspecified atom stereocenters. The number of imide groups is 1. The summed E-state index contributed by atoms with van der Waals surface area (Å²) in [6.45, 7) is 5.48. The highest BCUT2D eigenvalue weighted by Gasteiger charge is 2.64. The van der Waals surface area contributed by atoms with Crippen LogP contribution in [0.25, 0.3) is 0 Å². The average Bonchev–Trinajstić information content (AvgIpc) is 2.94. The number of hydrogen-bond acceptors (Lipinski definition) is 5. The number of nitrogens with zero attached hydrogens (tertiary/aromatic N) is 3. The van der Waals surface area contributed by atoms with E-state index in [9.17, 15) is 19.1 Å². The molecule has 3 aliphatic rings. The number of hydrogen-bond donors (Lipinski definition) is 1. The standard InChI is InChI=1S/C19H24FN3O3/c1-12(2)21-10-19(11-21)18(26)22(8-13-5-3-4-6-15(13)20)17(25)16-7-14(24)9-23(16)19/h3-6,12,14,16,24H,7-11H2,1-2H3/t14-,16+/m1/s1. The highest BCUT2D eigenvalue weighted by molar-refractivity contribution is 6.06. The highest BCUT2D eigenvalue weighted by atomic mass is 19.1. The van der Waals surface area contributed by atoms with Crippen molar-refractivity contribution < 1.29 is 19.1 Å². The smallest absolute Gasteiger partial charge is 0.252 e. The van der Waals surface area contributed by atoms with E-state index in [0.717, 1.165) is 0 Å². The van der Waals surface area contributed by atoms with Crippen LogP contribution in [0.1, 0.15) is 25.8 Å². The first-order chi connectivity index (χ1) is 12.3. The second-order valence-electron chi connectivity index (χ2n) is 7.91. The van der Waals surface area contributed by atoms with Crippen LogP contribution in [0.4, 0.5) is 4.39 Å². The first-order valence-corrected chi connectivity index (χ1v) is 9.11. The second kappa shape index (κ2) is 6.11. The Morgan fingerprint density at radius 2 is 1.96 bits per heavy atom. The lowest BCUT2D eigenvalue weighted by Crippen LogP contribution is -2.82. The van der Waals surface area contributed by atoms with E-state index in [1.807, 2.05) is 4.90 Å². The van der Waals surface area contributed by atoms with Crippen LogP contribution in [0.3, 0.4) is 0 Å². The summed E-state index contributed by atoms with van der Waals surface area (Å²) in [5.74, 6) is -1.02. The SMILES string of the molecule is CC(C)N1CC2(C1)C(=O)N(Cc1ccccc1F)C(=O)[C@@H]1C[C@@H](O)CN12. The highest BCUT2D eigenvalue weighted by Crippen LogP contribution is 2.41. The van der Waals surface area contributed by atoms with Crippen molar-refractivity contribution in [1.29, 1.82) is 0 Å². The van der Waals surface area contributed by atoms with E-state index in [0.29, 0.717) is 37.7 Å². The first-order valence-electron chi connectivity index (χ1n) is 9.11. The topological polar surface area (TPSA) is 64.1 Å². The molecular weight excluding hydrogens is 337 g/mol. The summed E-state index contributed by atoms with van der Waals surface area (Å²) in [6, 6.07) is 6.00. The molecule has 3 heterocycles. The molecule has 0 aliphatic carbocycles. The quantitative estimate of drug-likeness (QED) is 0.799. The molecule has 26 heavy (non-hydrogen) atoms. The molecule has 3 aliphatic heterocycles. The number of β-amino-alcohol motifs (C(OH)–C–C–N with tert-alkyl or cyclic N) is 1. The molecule has 0 radical (unpaired) electrons. The number of carbonyl (C=O) groups excluding carboxylic acids is 2. The fraction of sp³-hybridized carbons (Fsp3) is 0.579. The van der Waals surface area contributed by atoms with Gasteiger partial charge in [0.1, 0.15) is 11.4 Å². The molecular formula is C19H24FN3O3. The molecule has 2 amide bonds. The van der Waals surface area contributed by atoms with Gasteiger partial charge in [0.15, 0.2) is 0 Å². The van der Waals surface area contributed by atoms with Crippen LogP contribution in [-0.2, 0) is 16.1 Å². The Morgan fingerprint density at radius 3 is 2.62 bits per heavy atom. The number of piperazine rings is 1. The first kappa shape index (κ1) is 17.6. The van der Waals surface area contributed by atoms with Crippen LogP contribution in [0, 0.1) is 5.82 Å². The van der Waals surface area contributed by atoms with Crippen LogP contribution in [-0.4, -0.2) is 75.0 Å². The predicted molar refractivity (Wildman–Crippen MR) is 92.5 cm³/mol. The maximum absolute atomic E-state index is 14.1. The molecule has 0 bridgehead atoms. The molecule has 1 N–H and O–H groups in total. The monoisotopic (exact) mass is 361 g/mol. The lowest BCUT2D eigenvalue weighted by Gasteiger charge is -2.59. The number of rotatable bonds is 3. The third-order valence-corrected chi connectivity index (χ3v) is 5.97. The third kappa shape index (κ3) is 2.49. The van der Waals surface area contributed by atoms with Crippen molar-refractivity contribution in [2.75, 3.05) is 19.6 Å². The minimum Gasteiger partial charge on any atom is -0.392 e. The van der Waals surface area contributed by atoms with E-state index in [-0.39, 0.29) is 18.4 Å². The molecule has 0 aromatic heterocycles. The van der Waals surface area contributed by atoms with E-state index in [1.54, 1.807) is 18.2 Å². The Labute approximate surface area is 152 Å². The van der Waals surface area contributed by atoms with Gasteiger partial charge in [0, 0.05) is 31.2 Å². The number of benzene rings is 1. The summed E-state index contributed by atoms with van der Waals surface area (Å²) >= 11 is 0. The van der Waals surface area contributed by atoms with Gasteiger partial charge in [-0.05, 0) is 26.3 Å². The van der Waals surface area contributed by atoms with Crippen molar-refractivity contribution in [3.05, 3.63) is 35.6 Å². The number of fused-ring (bicyclic) bond motifs is 2. The summed E-state index contributed by atoms with van der Waals surface area (Å²) in [4.78, 5) is 31.5. The van der Waals surface area contributed by atoms with Gasteiger partial charge in [0.2, 0.25) is 5.91 Å². The average molecular weight is 361 g/mol. The van der Waals surface area contributed by atoms with Crippen molar-refractivity contribution in [3.8, 4) is 0 Å². The zero-order chi connectivity index (χ0) is 18.6. The summed E-state index contributed by atoms with van der Waals surface area (Å²) in [5, 5.41) is 10.1. The lowest BCUT2D eigenvalue weighted by molar-refractivity contribution is -0.182. The van der Waals surface area contributed by atoms with Crippen LogP contribution in [0.2, 0.25) is 0 Å². The van der Waals surface area contributed by atoms with Gasteiger partial charge in [-0.3, -0.25) is 24.3 Å². The Bertz CT molecular complexity index is 747. The number of aliphatic hydroxyl groups is 1. The summed E-state index contributed by atoms with van der Waals surface area (Å²) in [5.41, 5.74) is -0.456. The van der Waals surface area contributed by atoms with E-state index in [2.05, 4.69) is 18.7 Å². The van der Waals surface area contributed by atoms with E-state index in [1.165, 1.54) is 11.0 Å². The molecule has 7 heteroatoms. The van der Waals surface area contributed by atoms with Gasteiger partial charge in [-0.15, -0.1) is 0 Å². The number of likely N-dealkylation sites (tertiary alicyclic amines) is 1. The van der Waals surface area contributed by atoms with Crippen molar-refractivity contribution in [2.24, 2.45) is 0 Å². The number of carbonyl (C=O) groups is 2. The molecule has 1 spiro atoms. The maximum Gasteiger partial charge on any atom is 0.252 e. The van der Waals surface area contributed by atoms with E-state index in [4.69, 9.17) is 0 Å². The van der Waals surface area contributed by atoms with E-state index < -0.39 is 23.5 Å². The van der Waals surface area contributed by atoms with Crippen LogP contribution in [0.15, 0.2) is 24.3 Å². The minimum atomic E-state index is -0.786. The van der Waals surface area contributed by atoms with Gasteiger partial charge < -0.3 is 5.11 Å². The van der Waals surface area contributed by atoms with Crippen LogP contribution in [0.5, 0.6) is 0 Å². The van der Waals surface area contributed by atoms with Gasteiger partial charge >= 0.3 is 0 Å². The second-order valence-corrected chi connectivity index (χ2v) is 7.91. The predicted octanol–water partition coefficient (Wildman–Crippen LogP) is 0.592. The molecule has 2 atom stereocenters. The fourth-order valence-electron chi connectivity index (χ4n) is 4.43. The van der Waals surface area contributed by atoms with Crippen molar-refractivity contribution in [3.63, 3.8) is 0 Å². The van der Waals surface area contributed by atoms with E-state index >= 15 is 0 Å². The van der Waals surface area contributed by atoms with Crippen molar-refractivity contribution in [1.82, 2.24) is 14.7 Å². The van der Waals surface area contributed by atoms with Gasteiger partial charge in [-0.25, -0.2) is 4.39 Å². The van der Waals surface area contributed by atoms with Crippen molar-refractivity contribution in [2.45, 2.75) is 50.5 Å².